The third kappa shape index (κ3) is 2.93. The summed E-state index contributed by atoms with van der Waals surface area (Å²) >= 11 is 8.44. The number of hydrogen-bond donors (Lipinski definition) is 0. The number of anilines is 1. The van der Waals surface area contributed by atoms with Crippen LogP contribution < -0.4 is 4.90 Å². The summed E-state index contributed by atoms with van der Waals surface area (Å²) in [7, 11) is 0. The van der Waals surface area contributed by atoms with Crippen LogP contribution in [0.15, 0.2) is 20.9 Å². The molecule has 2 aromatic rings. The minimum atomic E-state index is -0.122. The molecule has 20 heavy (non-hydrogen) atoms. The minimum absolute atomic E-state index is 0.122. The van der Waals surface area contributed by atoms with Gasteiger partial charge in [0.05, 0.1) is 12.2 Å². The van der Waals surface area contributed by atoms with Crippen molar-refractivity contribution in [2.24, 2.45) is 0 Å². The summed E-state index contributed by atoms with van der Waals surface area (Å²) in [6, 6.07) is 0. The number of nitrogens with zero attached hydrogens (tertiary/aromatic N) is 4. The number of hydrogen-bond acceptors (Lipinski definition) is 5. The van der Waals surface area contributed by atoms with Crippen LogP contribution in [0.3, 0.4) is 0 Å². The molecular weight excluding hydrogens is 408 g/mol. The summed E-state index contributed by atoms with van der Waals surface area (Å²) in [5.41, 5.74) is -0.122. The van der Waals surface area contributed by atoms with Gasteiger partial charge in [-0.15, -0.1) is 11.3 Å². The summed E-state index contributed by atoms with van der Waals surface area (Å²) < 4.78 is 9.17. The summed E-state index contributed by atoms with van der Waals surface area (Å²) in [6.07, 6.45) is 1.90. The first-order valence-electron chi connectivity index (χ1n) is 6.20. The molecule has 0 unspecified atom stereocenters. The van der Waals surface area contributed by atoms with Crippen molar-refractivity contribution in [3.05, 3.63) is 20.9 Å². The topological polar surface area (TPSA) is 43.2 Å². The molecule has 0 atom stereocenters. The van der Waals surface area contributed by atoms with Crippen molar-refractivity contribution < 1.29 is 4.74 Å². The van der Waals surface area contributed by atoms with Crippen molar-refractivity contribution >= 4 is 48.3 Å². The molecule has 0 amide bonds. The van der Waals surface area contributed by atoms with E-state index in [2.05, 4.69) is 55.6 Å². The van der Waals surface area contributed by atoms with Crippen LogP contribution in [0.5, 0.6) is 0 Å². The predicted molar refractivity (Wildman–Crippen MR) is 86.9 cm³/mol. The third-order valence-electron chi connectivity index (χ3n) is 3.06. The monoisotopic (exact) mass is 420 g/mol. The lowest BCUT2D eigenvalue weighted by atomic mass is 10.1. The summed E-state index contributed by atoms with van der Waals surface area (Å²) in [6.45, 7) is 6.69. The van der Waals surface area contributed by atoms with Crippen molar-refractivity contribution in [1.29, 1.82) is 0 Å². The van der Waals surface area contributed by atoms with Gasteiger partial charge in [0.2, 0.25) is 0 Å². The molecule has 1 saturated heterocycles. The molecule has 5 nitrogen and oxygen atoms in total. The van der Waals surface area contributed by atoms with Crippen LogP contribution in [0.25, 0.3) is 5.82 Å². The van der Waals surface area contributed by atoms with Gasteiger partial charge in [0.25, 0.3) is 0 Å². The lowest BCUT2D eigenvalue weighted by molar-refractivity contribution is -0.0277. The first-order chi connectivity index (χ1) is 9.44. The zero-order valence-corrected chi connectivity index (χ0v) is 15.1. The van der Waals surface area contributed by atoms with Crippen LogP contribution in [-0.2, 0) is 4.74 Å². The van der Waals surface area contributed by atoms with E-state index in [1.165, 1.54) is 0 Å². The van der Waals surface area contributed by atoms with Crippen LogP contribution in [0.2, 0.25) is 0 Å². The second-order valence-corrected chi connectivity index (χ2v) is 7.58. The average molecular weight is 422 g/mol. The van der Waals surface area contributed by atoms with E-state index >= 15 is 0 Å². The third-order valence-corrected chi connectivity index (χ3v) is 4.89. The predicted octanol–water partition coefficient (Wildman–Crippen LogP) is 3.47. The van der Waals surface area contributed by atoms with Gasteiger partial charge in [0, 0.05) is 24.7 Å². The molecule has 108 valence electrons. The van der Waals surface area contributed by atoms with Crippen LogP contribution in [0.1, 0.15) is 13.8 Å². The quantitative estimate of drug-likeness (QED) is 0.744. The van der Waals surface area contributed by atoms with Gasteiger partial charge >= 0.3 is 0 Å². The van der Waals surface area contributed by atoms with Crippen molar-refractivity contribution in [2.45, 2.75) is 19.4 Å². The van der Waals surface area contributed by atoms with Crippen LogP contribution >= 0.6 is 43.2 Å². The van der Waals surface area contributed by atoms with Gasteiger partial charge in [0.15, 0.2) is 15.7 Å². The summed E-state index contributed by atoms with van der Waals surface area (Å²) in [5, 5.41) is 3.06. The standard InChI is InChI=1S/C12H14Br2N4OS/c1-12(2)7-17(3-4-19-12)11-16-9(6-20-11)18-5-8(13)15-10(18)14/h5-6H,3-4,7H2,1-2H3. The van der Waals surface area contributed by atoms with E-state index in [1.54, 1.807) is 11.3 Å². The number of thiazole rings is 1. The number of ether oxygens (including phenoxy) is 1. The fraction of sp³-hybridized carbons (Fsp3) is 0.500. The maximum absolute atomic E-state index is 5.74. The van der Waals surface area contributed by atoms with Gasteiger partial charge < -0.3 is 9.64 Å². The van der Waals surface area contributed by atoms with Crippen molar-refractivity contribution in [1.82, 2.24) is 14.5 Å². The highest BCUT2D eigenvalue weighted by Crippen LogP contribution is 2.29. The number of rotatable bonds is 2. The van der Waals surface area contributed by atoms with Crippen molar-refractivity contribution in [3.8, 4) is 5.82 Å². The molecular formula is C12H14Br2N4OS. The fourth-order valence-electron chi connectivity index (χ4n) is 2.18. The molecule has 2 aromatic heterocycles. The average Bonchev–Trinajstić information content (AvgIpc) is 2.94. The highest BCUT2D eigenvalue weighted by molar-refractivity contribution is 9.11. The Morgan fingerprint density at radius 2 is 2.15 bits per heavy atom. The van der Waals surface area contributed by atoms with E-state index < -0.39 is 0 Å². The Balaban J connectivity index is 1.85. The summed E-state index contributed by atoms with van der Waals surface area (Å²) in [4.78, 5) is 11.2. The summed E-state index contributed by atoms with van der Waals surface area (Å²) in [5.74, 6) is 0.874. The molecule has 3 rings (SSSR count). The normalized spacial score (nSPS) is 18.5. The lowest BCUT2D eigenvalue weighted by Gasteiger charge is -2.37. The highest BCUT2D eigenvalue weighted by Gasteiger charge is 2.28. The van der Waals surface area contributed by atoms with E-state index in [-0.39, 0.29) is 5.60 Å². The van der Waals surface area contributed by atoms with Crippen molar-refractivity contribution in [2.75, 3.05) is 24.6 Å². The molecule has 1 aliphatic heterocycles. The molecule has 3 heterocycles. The molecule has 0 aliphatic carbocycles. The number of aromatic nitrogens is 3. The van der Waals surface area contributed by atoms with E-state index in [4.69, 9.17) is 9.72 Å². The van der Waals surface area contributed by atoms with Crippen LogP contribution in [0.4, 0.5) is 5.13 Å². The number of halogens is 2. The minimum Gasteiger partial charge on any atom is -0.372 e. The fourth-order valence-corrected chi connectivity index (χ4v) is 4.10. The zero-order chi connectivity index (χ0) is 14.3. The molecule has 1 fully saturated rings. The Hall–Kier alpha value is -0.440. The smallest absolute Gasteiger partial charge is 0.187 e. The van der Waals surface area contributed by atoms with Crippen LogP contribution in [0, 0.1) is 0 Å². The van der Waals surface area contributed by atoms with Gasteiger partial charge in [-0.05, 0) is 45.7 Å². The maximum atomic E-state index is 5.74. The first kappa shape index (κ1) is 14.5. The van der Waals surface area contributed by atoms with Gasteiger partial charge in [0.1, 0.15) is 4.60 Å². The second kappa shape index (κ2) is 5.40. The molecule has 1 aliphatic rings. The van der Waals surface area contributed by atoms with Gasteiger partial charge in [-0.25, -0.2) is 9.97 Å². The number of imidazole rings is 1. The zero-order valence-electron chi connectivity index (χ0n) is 11.1. The Bertz CT molecular complexity index is 625. The Morgan fingerprint density at radius 1 is 1.35 bits per heavy atom. The van der Waals surface area contributed by atoms with Crippen molar-refractivity contribution in [3.63, 3.8) is 0 Å². The largest absolute Gasteiger partial charge is 0.372 e. The second-order valence-electron chi connectivity index (χ2n) is 5.22. The first-order valence-corrected chi connectivity index (χ1v) is 8.66. The lowest BCUT2D eigenvalue weighted by Crippen LogP contribution is -2.48. The molecule has 0 spiro atoms. The van der Waals surface area contributed by atoms with Gasteiger partial charge in [-0.3, -0.25) is 4.57 Å². The molecule has 0 aromatic carbocycles. The maximum Gasteiger partial charge on any atom is 0.187 e. The van der Waals surface area contributed by atoms with E-state index in [9.17, 15) is 0 Å². The molecule has 8 heteroatoms. The SMILES string of the molecule is CC1(C)CN(c2nc(-n3cc(Br)nc3Br)cs2)CCO1. The van der Waals surface area contributed by atoms with Crippen LogP contribution in [-0.4, -0.2) is 39.8 Å². The number of morpholine rings is 1. The molecule has 0 radical (unpaired) electrons. The molecule has 0 N–H and O–H groups in total. The molecule has 0 bridgehead atoms. The Morgan fingerprint density at radius 3 is 2.80 bits per heavy atom. The van der Waals surface area contributed by atoms with E-state index in [1.807, 2.05) is 16.1 Å². The molecule has 0 saturated carbocycles. The van der Waals surface area contributed by atoms with Gasteiger partial charge in [-0.2, -0.15) is 0 Å². The Kier molecular flexibility index (Phi) is 3.91. The Labute approximate surface area is 138 Å². The highest BCUT2D eigenvalue weighted by atomic mass is 79.9. The van der Waals surface area contributed by atoms with E-state index in [0.717, 1.165) is 40.0 Å². The van der Waals surface area contributed by atoms with Gasteiger partial charge in [-0.1, -0.05) is 0 Å². The van der Waals surface area contributed by atoms with E-state index in [0.29, 0.717) is 0 Å².